The van der Waals surface area contributed by atoms with Crippen molar-refractivity contribution in [3.63, 3.8) is 0 Å². The molecule has 18 heavy (non-hydrogen) atoms. The van der Waals surface area contributed by atoms with Gasteiger partial charge in [-0.15, -0.1) is 0 Å². The van der Waals surface area contributed by atoms with E-state index in [2.05, 4.69) is 16.2 Å². The number of para-hydroxylation sites is 1. The molecule has 0 saturated carbocycles. The molecule has 0 N–H and O–H groups in total. The van der Waals surface area contributed by atoms with Crippen LogP contribution in [0.5, 0.6) is 5.75 Å². The molecule has 4 nitrogen and oxygen atoms in total. The van der Waals surface area contributed by atoms with E-state index in [0.717, 1.165) is 24.4 Å². The van der Waals surface area contributed by atoms with Gasteiger partial charge in [-0.2, -0.15) is 5.10 Å². The van der Waals surface area contributed by atoms with Gasteiger partial charge in [-0.25, -0.2) is 0 Å². The van der Waals surface area contributed by atoms with Crippen LogP contribution in [-0.2, 0) is 13.5 Å². The second-order valence-electron chi connectivity index (χ2n) is 3.98. The molecule has 2 aromatic rings. The second kappa shape index (κ2) is 6.00. The first-order chi connectivity index (χ1) is 8.81. The van der Waals surface area contributed by atoms with Crippen LogP contribution in [0.4, 0.5) is 0 Å². The molecule has 0 atom stereocenters. The molecule has 0 amide bonds. The molecule has 1 aromatic heterocycles. The van der Waals surface area contributed by atoms with Crippen LogP contribution < -0.4 is 4.74 Å². The average molecular weight is 243 g/mol. The van der Waals surface area contributed by atoms with Crippen molar-refractivity contribution in [1.29, 1.82) is 0 Å². The number of aliphatic imine (C=N–C) groups is 1. The van der Waals surface area contributed by atoms with Crippen molar-refractivity contribution in [3.05, 3.63) is 47.8 Å². The summed E-state index contributed by atoms with van der Waals surface area (Å²) in [6.07, 6.45) is 4.49. The first kappa shape index (κ1) is 12.4. The molecule has 0 bridgehead atoms. The first-order valence-corrected chi connectivity index (χ1v) is 5.91. The summed E-state index contributed by atoms with van der Waals surface area (Å²) in [5.41, 5.74) is 2.19. The molecular formula is C14H17N3O. The van der Waals surface area contributed by atoms with Crippen LogP contribution in [0.1, 0.15) is 11.3 Å². The summed E-state index contributed by atoms with van der Waals surface area (Å²) in [4.78, 5) is 4.40. The van der Waals surface area contributed by atoms with Crippen molar-refractivity contribution in [2.24, 2.45) is 12.0 Å². The van der Waals surface area contributed by atoms with Crippen LogP contribution in [0.3, 0.4) is 0 Å². The SMILES string of the molecule is COc1ccccc1CCN=Cc1ccnn1C. The summed E-state index contributed by atoms with van der Waals surface area (Å²) in [5.74, 6) is 0.924. The molecular weight excluding hydrogens is 226 g/mol. The third kappa shape index (κ3) is 2.97. The molecule has 0 fully saturated rings. The van der Waals surface area contributed by atoms with Crippen molar-refractivity contribution in [1.82, 2.24) is 9.78 Å². The third-order valence-electron chi connectivity index (χ3n) is 2.79. The summed E-state index contributed by atoms with van der Waals surface area (Å²) in [6.45, 7) is 0.742. The Morgan fingerprint density at radius 3 is 2.89 bits per heavy atom. The van der Waals surface area contributed by atoms with Crippen LogP contribution in [0.25, 0.3) is 0 Å². The van der Waals surface area contributed by atoms with E-state index in [-0.39, 0.29) is 0 Å². The van der Waals surface area contributed by atoms with E-state index in [9.17, 15) is 0 Å². The average Bonchev–Trinajstić information content (AvgIpc) is 2.81. The van der Waals surface area contributed by atoms with Crippen molar-refractivity contribution in [2.75, 3.05) is 13.7 Å². The zero-order valence-electron chi connectivity index (χ0n) is 10.7. The van der Waals surface area contributed by atoms with E-state index < -0.39 is 0 Å². The molecule has 0 radical (unpaired) electrons. The number of hydrogen-bond acceptors (Lipinski definition) is 3. The summed E-state index contributed by atoms with van der Waals surface area (Å²) in [5, 5.41) is 4.09. The highest BCUT2D eigenvalue weighted by atomic mass is 16.5. The molecule has 4 heteroatoms. The monoisotopic (exact) mass is 243 g/mol. The number of aromatic nitrogens is 2. The van der Waals surface area contributed by atoms with E-state index in [1.807, 2.05) is 37.5 Å². The first-order valence-electron chi connectivity index (χ1n) is 5.91. The predicted molar refractivity (Wildman–Crippen MR) is 72.4 cm³/mol. The summed E-state index contributed by atoms with van der Waals surface area (Å²) in [6, 6.07) is 9.97. The smallest absolute Gasteiger partial charge is 0.122 e. The van der Waals surface area contributed by atoms with Crippen LogP contribution in [0, 0.1) is 0 Å². The van der Waals surface area contributed by atoms with Gasteiger partial charge in [-0.05, 0) is 24.1 Å². The second-order valence-corrected chi connectivity index (χ2v) is 3.98. The van der Waals surface area contributed by atoms with Crippen molar-refractivity contribution in [2.45, 2.75) is 6.42 Å². The van der Waals surface area contributed by atoms with Gasteiger partial charge in [0.2, 0.25) is 0 Å². The fourth-order valence-corrected chi connectivity index (χ4v) is 1.76. The maximum atomic E-state index is 5.30. The lowest BCUT2D eigenvalue weighted by molar-refractivity contribution is 0.410. The van der Waals surface area contributed by atoms with Gasteiger partial charge in [0.1, 0.15) is 5.75 Å². The number of hydrogen-bond donors (Lipinski definition) is 0. The Bertz CT molecular complexity index is 531. The summed E-state index contributed by atoms with van der Waals surface area (Å²) in [7, 11) is 3.60. The van der Waals surface area contributed by atoms with E-state index in [0.29, 0.717) is 0 Å². The van der Waals surface area contributed by atoms with Crippen molar-refractivity contribution >= 4 is 6.21 Å². The topological polar surface area (TPSA) is 39.4 Å². The maximum Gasteiger partial charge on any atom is 0.122 e. The zero-order chi connectivity index (χ0) is 12.8. The number of benzene rings is 1. The van der Waals surface area contributed by atoms with Gasteiger partial charge >= 0.3 is 0 Å². The van der Waals surface area contributed by atoms with Crippen LogP contribution in [-0.4, -0.2) is 29.6 Å². The van der Waals surface area contributed by atoms with Gasteiger partial charge in [0.15, 0.2) is 0 Å². The fourth-order valence-electron chi connectivity index (χ4n) is 1.76. The van der Waals surface area contributed by atoms with E-state index in [4.69, 9.17) is 4.74 Å². The van der Waals surface area contributed by atoms with Crippen LogP contribution in [0.2, 0.25) is 0 Å². The maximum absolute atomic E-state index is 5.30. The minimum atomic E-state index is 0.742. The largest absolute Gasteiger partial charge is 0.496 e. The van der Waals surface area contributed by atoms with Gasteiger partial charge in [0, 0.05) is 26.0 Å². The van der Waals surface area contributed by atoms with E-state index in [1.165, 1.54) is 5.56 Å². The molecule has 0 aliphatic heterocycles. The number of aryl methyl sites for hydroxylation is 1. The summed E-state index contributed by atoms with van der Waals surface area (Å²) < 4.78 is 7.10. The number of nitrogens with zero attached hydrogens (tertiary/aromatic N) is 3. The Hall–Kier alpha value is -2.10. The molecule has 0 aliphatic rings. The lowest BCUT2D eigenvalue weighted by atomic mass is 10.1. The quantitative estimate of drug-likeness (QED) is 0.754. The summed E-state index contributed by atoms with van der Waals surface area (Å²) >= 11 is 0. The van der Waals surface area contributed by atoms with Gasteiger partial charge in [0.05, 0.1) is 12.8 Å². The van der Waals surface area contributed by atoms with Crippen LogP contribution in [0.15, 0.2) is 41.5 Å². The lowest BCUT2D eigenvalue weighted by Crippen LogP contribution is -1.98. The van der Waals surface area contributed by atoms with Crippen molar-refractivity contribution < 1.29 is 4.74 Å². The molecule has 0 aliphatic carbocycles. The Morgan fingerprint density at radius 2 is 2.17 bits per heavy atom. The standard InChI is InChI=1S/C14H17N3O/c1-17-13(8-10-16-17)11-15-9-7-12-5-3-4-6-14(12)18-2/h3-6,8,10-11H,7,9H2,1-2H3. The molecule has 0 saturated heterocycles. The zero-order valence-corrected chi connectivity index (χ0v) is 10.7. The minimum absolute atomic E-state index is 0.742. The Kier molecular flexibility index (Phi) is 4.12. The van der Waals surface area contributed by atoms with Crippen molar-refractivity contribution in [3.8, 4) is 5.75 Å². The van der Waals surface area contributed by atoms with E-state index in [1.54, 1.807) is 18.0 Å². The molecule has 0 spiro atoms. The molecule has 1 heterocycles. The lowest BCUT2D eigenvalue weighted by Gasteiger charge is -2.05. The Labute approximate surface area is 107 Å². The fraction of sp³-hybridized carbons (Fsp3) is 0.286. The van der Waals surface area contributed by atoms with Crippen LogP contribution >= 0.6 is 0 Å². The molecule has 2 rings (SSSR count). The van der Waals surface area contributed by atoms with Gasteiger partial charge in [-0.3, -0.25) is 9.67 Å². The number of rotatable bonds is 5. The molecule has 0 unspecified atom stereocenters. The van der Waals surface area contributed by atoms with E-state index >= 15 is 0 Å². The van der Waals surface area contributed by atoms with Gasteiger partial charge in [0.25, 0.3) is 0 Å². The normalized spacial score (nSPS) is 11.0. The van der Waals surface area contributed by atoms with Gasteiger partial charge < -0.3 is 4.74 Å². The highest BCUT2D eigenvalue weighted by Gasteiger charge is 2.00. The van der Waals surface area contributed by atoms with Gasteiger partial charge in [-0.1, -0.05) is 18.2 Å². The Morgan fingerprint density at radius 1 is 1.33 bits per heavy atom. The minimum Gasteiger partial charge on any atom is -0.496 e. The molecule has 94 valence electrons. The highest BCUT2D eigenvalue weighted by Crippen LogP contribution is 2.17. The Balaban J connectivity index is 1.92. The third-order valence-corrected chi connectivity index (χ3v) is 2.79. The molecule has 1 aromatic carbocycles. The highest BCUT2D eigenvalue weighted by molar-refractivity contribution is 5.76. The predicted octanol–water partition coefficient (Wildman–Crippen LogP) is 2.09. The number of methoxy groups -OCH3 is 1. The number of ether oxygens (including phenoxy) is 1.